The summed E-state index contributed by atoms with van der Waals surface area (Å²) < 4.78 is 5.81. The van der Waals surface area contributed by atoms with Crippen LogP contribution >= 0.6 is 0 Å². The molecule has 3 aliphatic carbocycles. The summed E-state index contributed by atoms with van der Waals surface area (Å²) >= 11 is 0. The molecule has 3 aliphatic rings. The molecule has 136 valence electrons. The van der Waals surface area contributed by atoms with Gasteiger partial charge >= 0.3 is 0 Å². The van der Waals surface area contributed by atoms with Gasteiger partial charge in [0.05, 0.1) is 18.1 Å². The van der Waals surface area contributed by atoms with E-state index in [0.29, 0.717) is 18.0 Å². The molecule has 0 spiro atoms. The summed E-state index contributed by atoms with van der Waals surface area (Å²) in [6, 6.07) is 0.825. The SMILES string of the molecule is CC(C)OC1=CCC(C(=O)N(C2CC2)C2CCc3[nH]ncc3C2)CC1. The lowest BCUT2D eigenvalue weighted by Crippen LogP contribution is -2.47. The fourth-order valence-corrected chi connectivity index (χ4v) is 4.30. The lowest BCUT2D eigenvalue weighted by Gasteiger charge is -2.37. The standard InChI is InChI=1S/C20H29N3O2/c1-13(2)25-18-8-3-14(4-9-18)20(24)23(16-5-6-16)17-7-10-19-15(11-17)12-21-22-19/h8,12-14,16-17H,3-7,9-11H2,1-2H3,(H,21,22). The highest BCUT2D eigenvalue weighted by Gasteiger charge is 2.41. The summed E-state index contributed by atoms with van der Waals surface area (Å²) in [5.74, 6) is 1.57. The van der Waals surface area contributed by atoms with Crippen molar-refractivity contribution in [2.45, 2.75) is 83.4 Å². The van der Waals surface area contributed by atoms with Gasteiger partial charge in [0.25, 0.3) is 0 Å². The Bertz CT molecular complexity index is 660. The maximum absolute atomic E-state index is 13.3. The number of fused-ring (bicyclic) bond motifs is 1. The van der Waals surface area contributed by atoms with E-state index in [2.05, 4.69) is 35.0 Å². The van der Waals surface area contributed by atoms with E-state index in [4.69, 9.17) is 4.74 Å². The van der Waals surface area contributed by atoms with Crippen LogP contribution in [-0.4, -0.2) is 39.2 Å². The first-order valence-electron chi connectivity index (χ1n) is 9.80. The van der Waals surface area contributed by atoms with Crippen molar-refractivity contribution >= 4 is 5.91 Å². The van der Waals surface area contributed by atoms with Gasteiger partial charge in [-0.05, 0) is 70.4 Å². The maximum Gasteiger partial charge on any atom is 0.226 e. The lowest BCUT2D eigenvalue weighted by atomic mass is 9.88. The van der Waals surface area contributed by atoms with Crippen LogP contribution in [0, 0.1) is 5.92 Å². The number of carbonyl (C=O) groups is 1. The zero-order valence-electron chi connectivity index (χ0n) is 15.3. The van der Waals surface area contributed by atoms with Gasteiger partial charge in [0.1, 0.15) is 0 Å². The highest BCUT2D eigenvalue weighted by Crippen LogP contribution is 2.36. The fraction of sp³-hybridized carbons (Fsp3) is 0.700. The molecule has 2 unspecified atom stereocenters. The van der Waals surface area contributed by atoms with Crippen molar-refractivity contribution in [2.75, 3.05) is 0 Å². The van der Waals surface area contributed by atoms with E-state index in [1.165, 1.54) is 24.1 Å². The van der Waals surface area contributed by atoms with E-state index < -0.39 is 0 Å². The van der Waals surface area contributed by atoms with Crippen molar-refractivity contribution in [3.05, 3.63) is 29.3 Å². The first kappa shape index (κ1) is 16.7. The quantitative estimate of drug-likeness (QED) is 0.892. The molecule has 1 aromatic rings. The summed E-state index contributed by atoms with van der Waals surface area (Å²) in [6.45, 7) is 4.11. The predicted molar refractivity (Wildman–Crippen MR) is 95.9 cm³/mol. The largest absolute Gasteiger partial charge is 0.496 e. The molecular formula is C20H29N3O2. The van der Waals surface area contributed by atoms with E-state index in [9.17, 15) is 4.79 Å². The molecule has 0 radical (unpaired) electrons. The number of hydrogen-bond acceptors (Lipinski definition) is 3. The minimum Gasteiger partial charge on any atom is -0.496 e. The average Bonchev–Trinajstić information content (AvgIpc) is 3.31. The van der Waals surface area contributed by atoms with Gasteiger partial charge in [0.15, 0.2) is 0 Å². The van der Waals surface area contributed by atoms with Crippen LogP contribution in [0.4, 0.5) is 0 Å². The van der Waals surface area contributed by atoms with Crippen LogP contribution in [0.25, 0.3) is 0 Å². The van der Waals surface area contributed by atoms with Crippen LogP contribution in [0.3, 0.4) is 0 Å². The van der Waals surface area contributed by atoms with Crippen molar-refractivity contribution < 1.29 is 9.53 Å². The van der Waals surface area contributed by atoms with Gasteiger partial charge in [-0.1, -0.05) is 0 Å². The molecule has 1 saturated carbocycles. The molecule has 5 heteroatoms. The van der Waals surface area contributed by atoms with Crippen molar-refractivity contribution in [1.29, 1.82) is 0 Å². The molecule has 0 aliphatic heterocycles. The minimum atomic E-state index is 0.130. The van der Waals surface area contributed by atoms with Crippen LogP contribution in [-0.2, 0) is 22.4 Å². The number of ether oxygens (including phenoxy) is 1. The second kappa shape index (κ2) is 6.85. The molecule has 0 aromatic carbocycles. The molecule has 1 aromatic heterocycles. The Kier molecular flexibility index (Phi) is 4.57. The number of carbonyl (C=O) groups excluding carboxylic acids is 1. The Morgan fingerprint density at radius 1 is 1.24 bits per heavy atom. The number of amides is 1. The molecule has 1 amide bonds. The Balaban J connectivity index is 1.43. The van der Waals surface area contributed by atoms with E-state index in [1.54, 1.807) is 0 Å². The van der Waals surface area contributed by atoms with Gasteiger partial charge < -0.3 is 9.64 Å². The molecule has 0 bridgehead atoms. The summed E-state index contributed by atoms with van der Waals surface area (Å²) in [4.78, 5) is 15.5. The van der Waals surface area contributed by atoms with Gasteiger partial charge in [0.2, 0.25) is 5.91 Å². The number of aryl methyl sites for hydroxylation is 1. The van der Waals surface area contributed by atoms with Crippen molar-refractivity contribution in [3.8, 4) is 0 Å². The molecular weight excluding hydrogens is 314 g/mol. The maximum atomic E-state index is 13.3. The Morgan fingerprint density at radius 2 is 2.08 bits per heavy atom. The second-order valence-electron chi connectivity index (χ2n) is 8.06. The third-order valence-corrected chi connectivity index (χ3v) is 5.68. The van der Waals surface area contributed by atoms with Gasteiger partial charge in [-0.2, -0.15) is 5.10 Å². The summed E-state index contributed by atoms with van der Waals surface area (Å²) in [6.07, 6.45) is 12.3. The summed E-state index contributed by atoms with van der Waals surface area (Å²) in [5, 5.41) is 7.27. The van der Waals surface area contributed by atoms with Gasteiger partial charge in [-0.25, -0.2) is 0 Å². The molecule has 25 heavy (non-hydrogen) atoms. The summed E-state index contributed by atoms with van der Waals surface area (Å²) in [7, 11) is 0. The normalized spacial score (nSPS) is 26.1. The first-order valence-corrected chi connectivity index (χ1v) is 9.80. The number of hydrogen-bond donors (Lipinski definition) is 1. The number of H-pyrrole nitrogens is 1. The van der Waals surface area contributed by atoms with Crippen LogP contribution in [0.1, 0.15) is 63.6 Å². The van der Waals surface area contributed by atoms with Gasteiger partial charge in [-0.3, -0.25) is 9.89 Å². The molecule has 4 rings (SSSR count). The number of allylic oxidation sites excluding steroid dienone is 2. The third-order valence-electron chi connectivity index (χ3n) is 5.68. The monoisotopic (exact) mass is 343 g/mol. The van der Waals surface area contributed by atoms with Crippen LogP contribution in [0.15, 0.2) is 18.0 Å². The predicted octanol–water partition coefficient (Wildman–Crippen LogP) is 3.37. The Morgan fingerprint density at radius 3 is 2.76 bits per heavy atom. The Labute approximate surface area is 149 Å². The number of nitrogens with one attached hydrogen (secondary N) is 1. The number of aromatic nitrogens is 2. The number of nitrogens with zero attached hydrogens (tertiary/aromatic N) is 2. The second-order valence-corrected chi connectivity index (χ2v) is 8.06. The van der Waals surface area contributed by atoms with Crippen LogP contribution < -0.4 is 0 Å². The molecule has 5 nitrogen and oxygen atoms in total. The fourth-order valence-electron chi connectivity index (χ4n) is 4.30. The van der Waals surface area contributed by atoms with Crippen LogP contribution in [0.5, 0.6) is 0 Å². The lowest BCUT2D eigenvalue weighted by molar-refractivity contribution is -0.139. The van der Waals surface area contributed by atoms with Crippen LogP contribution in [0.2, 0.25) is 0 Å². The smallest absolute Gasteiger partial charge is 0.226 e. The zero-order valence-corrected chi connectivity index (χ0v) is 15.3. The van der Waals surface area contributed by atoms with E-state index in [1.807, 2.05) is 6.20 Å². The molecule has 1 heterocycles. The van der Waals surface area contributed by atoms with Gasteiger partial charge in [-0.15, -0.1) is 0 Å². The molecule has 1 N–H and O–H groups in total. The molecule has 1 fully saturated rings. The minimum absolute atomic E-state index is 0.130. The van der Waals surface area contributed by atoms with Crippen molar-refractivity contribution in [3.63, 3.8) is 0 Å². The summed E-state index contributed by atoms with van der Waals surface area (Å²) in [5.41, 5.74) is 2.56. The van der Waals surface area contributed by atoms with Crippen molar-refractivity contribution in [2.24, 2.45) is 5.92 Å². The topological polar surface area (TPSA) is 58.2 Å². The number of rotatable bonds is 5. The average molecular weight is 343 g/mol. The first-order chi connectivity index (χ1) is 12.1. The molecule has 0 saturated heterocycles. The highest BCUT2D eigenvalue weighted by molar-refractivity contribution is 5.80. The van der Waals surface area contributed by atoms with E-state index in [0.717, 1.165) is 44.3 Å². The highest BCUT2D eigenvalue weighted by atomic mass is 16.5. The Hall–Kier alpha value is -1.78. The van der Waals surface area contributed by atoms with Gasteiger partial charge in [0, 0.05) is 30.1 Å². The van der Waals surface area contributed by atoms with E-state index in [-0.39, 0.29) is 12.0 Å². The zero-order chi connectivity index (χ0) is 17.4. The third kappa shape index (κ3) is 3.60. The van der Waals surface area contributed by atoms with E-state index >= 15 is 0 Å². The number of aromatic amines is 1. The van der Waals surface area contributed by atoms with Crippen molar-refractivity contribution in [1.82, 2.24) is 15.1 Å². The molecule has 2 atom stereocenters.